The molecule has 0 saturated heterocycles. The Morgan fingerprint density at radius 1 is 0.667 bits per heavy atom. The molecule has 0 aliphatic rings. The van der Waals surface area contributed by atoms with Crippen molar-refractivity contribution in [2.24, 2.45) is 17.2 Å². The predicted molar refractivity (Wildman–Crippen MR) is 79.8 cm³/mol. The van der Waals surface area contributed by atoms with Crippen molar-refractivity contribution in [1.29, 1.82) is 0 Å². The fraction of sp³-hybridized carbons (Fsp3) is 0.750. The summed E-state index contributed by atoms with van der Waals surface area (Å²) in [7, 11) is 0. The van der Waals surface area contributed by atoms with Crippen LogP contribution in [-0.4, -0.2) is 13.7 Å². The molecule has 3 atom stereocenters. The summed E-state index contributed by atoms with van der Waals surface area (Å²) < 4.78 is 2.52. The van der Waals surface area contributed by atoms with Crippen molar-refractivity contribution in [1.82, 2.24) is 13.7 Å². The lowest BCUT2D eigenvalue weighted by Gasteiger charge is -2.22. The summed E-state index contributed by atoms with van der Waals surface area (Å²) in [6.07, 6.45) is -1.44. The van der Waals surface area contributed by atoms with Crippen LogP contribution in [0.15, 0.2) is 14.4 Å². The van der Waals surface area contributed by atoms with Gasteiger partial charge in [0.1, 0.15) is 0 Å². The molecule has 0 aromatic carbocycles. The summed E-state index contributed by atoms with van der Waals surface area (Å²) in [5, 5.41) is 0. The fourth-order valence-electron chi connectivity index (χ4n) is 1.99. The highest BCUT2D eigenvalue weighted by Crippen LogP contribution is 2.01. The third-order valence-electron chi connectivity index (χ3n) is 3.49. The third kappa shape index (κ3) is 2.99. The first-order valence-electron chi connectivity index (χ1n) is 7.07. The Labute approximate surface area is 122 Å². The Balaban J connectivity index is 3.89. The van der Waals surface area contributed by atoms with Gasteiger partial charge in [0.15, 0.2) is 0 Å². The van der Waals surface area contributed by atoms with Crippen molar-refractivity contribution in [2.75, 3.05) is 0 Å². The summed E-state index contributed by atoms with van der Waals surface area (Å²) in [6, 6.07) is 0. The van der Waals surface area contributed by atoms with E-state index in [1.54, 1.807) is 20.8 Å². The van der Waals surface area contributed by atoms with Gasteiger partial charge in [-0.1, -0.05) is 20.8 Å². The van der Waals surface area contributed by atoms with Gasteiger partial charge in [0, 0.05) is 0 Å². The zero-order valence-corrected chi connectivity index (χ0v) is 12.7. The number of aromatic nitrogens is 3. The van der Waals surface area contributed by atoms with E-state index in [1.807, 2.05) is 0 Å². The SMILES string of the molecule is CCC(N)n1c(=O)n(C(N)CC)c(=O)n(C(N)CC)c1=O. The van der Waals surface area contributed by atoms with Crippen LogP contribution in [0, 0.1) is 0 Å². The number of hydrogen-bond donors (Lipinski definition) is 3. The highest BCUT2D eigenvalue weighted by Gasteiger charge is 2.23. The molecule has 1 aromatic rings. The second-order valence-electron chi connectivity index (χ2n) is 4.88. The molecule has 1 aromatic heterocycles. The third-order valence-corrected chi connectivity index (χ3v) is 3.49. The minimum atomic E-state index is -0.837. The summed E-state index contributed by atoms with van der Waals surface area (Å²) in [4.78, 5) is 37.2. The molecular weight excluding hydrogens is 276 g/mol. The van der Waals surface area contributed by atoms with Crippen molar-refractivity contribution in [2.45, 2.75) is 58.5 Å². The van der Waals surface area contributed by atoms with Gasteiger partial charge in [-0.15, -0.1) is 0 Å². The van der Waals surface area contributed by atoms with Gasteiger partial charge in [0.05, 0.1) is 18.5 Å². The average molecular weight is 300 g/mol. The average Bonchev–Trinajstić information content (AvgIpc) is 2.46. The lowest BCUT2D eigenvalue weighted by atomic mass is 10.3. The van der Waals surface area contributed by atoms with E-state index in [2.05, 4.69) is 0 Å². The van der Waals surface area contributed by atoms with Gasteiger partial charge in [0.2, 0.25) is 0 Å². The van der Waals surface area contributed by atoms with Crippen LogP contribution in [0.5, 0.6) is 0 Å². The van der Waals surface area contributed by atoms with Crippen LogP contribution in [-0.2, 0) is 0 Å². The van der Waals surface area contributed by atoms with E-state index in [4.69, 9.17) is 17.2 Å². The van der Waals surface area contributed by atoms with E-state index in [1.165, 1.54) is 0 Å². The Morgan fingerprint density at radius 3 is 1.00 bits per heavy atom. The largest absolute Gasteiger partial charge is 0.338 e. The first kappa shape index (κ1) is 17.3. The quantitative estimate of drug-likeness (QED) is 0.600. The van der Waals surface area contributed by atoms with Crippen molar-refractivity contribution in [3.05, 3.63) is 31.5 Å². The van der Waals surface area contributed by atoms with Crippen LogP contribution in [0.2, 0.25) is 0 Å². The number of nitrogens with two attached hydrogens (primary N) is 3. The molecule has 0 amide bonds. The molecule has 9 heteroatoms. The van der Waals surface area contributed by atoms with Gasteiger partial charge < -0.3 is 17.2 Å². The molecule has 0 aliphatic heterocycles. The molecule has 1 heterocycles. The summed E-state index contributed by atoms with van der Waals surface area (Å²) in [6.45, 7) is 5.20. The Morgan fingerprint density at radius 2 is 0.857 bits per heavy atom. The number of nitrogens with zero attached hydrogens (tertiary/aromatic N) is 3. The second-order valence-corrected chi connectivity index (χ2v) is 4.88. The maximum atomic E-state index is 12.4. The molecular formula is C12H24N6O3. The van der Waals surface area contributed by atoms with Crippen molar-refractivity contribution in [3.63, 3.8) is 0 Å². The van der Waals surface area contributed by atoms with Crippen molar-refractivity contribution in [3.8, 4) is 0 Å². The van der Waals surface area contributed by atoms with Gasteiger partial charge in [-0.05, 0) is 19.3 Å². The monoisotopic (exact) mass is 300 g/mol. The molecule has 0 bridgehead atoms. The van der Waals surface area contributed by atoms with Crippen LogP contribution in [0.3, 0.4) is 0 Å². The van der Waals surface area contributed by atoms with E-state index in [0.29, 0.717) is 19.3 Å². The molecule has 21 heavy (non-hydrogen) atoms. The zero-order chi connectivity index (χ0) is 16.3. The van der Waals surface area contributed by atoms with Crippen LogP contribution >= 0.6 is 0 Å². The van der Waals surface area contributed by atoms with Crippen molar-refractivity contribution >= 4 is 0 Å². The van der Waals surface area contributed by atoms with Crippen LogP contribution < -0.4 is 34.3 Å². The maximum absolute atomic E-state index is 12.4. The van der Waals surface area contributed by atoms with E-state index >= 15 is 0 Å². The van der Waals surface area contributed by atoms with E-state index in [9.17, 15) is 14.4 Å². The minimum absolute atomic E-state index is 0.357. The molecule has 0 aliphatic carbocycles. The molecule has 0 saturated carbocycles. The Kier molecular flexibility index (Phi) is 5.64. The molecule has 0 fully saturated rings. The Bertz CT molecular complexity index is 538. The molecule has 6 N–H and O–H groups in total. The second kappa shape index (κ2) is 6.83. The molecule has 1 rings (SSSR count). The molecule has 9 nitrogen and oxygen atoms in total. The highest BCUT2D eigenvalue weighted by molar-refractivity contribution is 4.85. The Hall–Kier alpha value is -1.71. The summed E-state index contributed by atoms with van der Waals surface area (Å²) in [5.74, 6) is 0. The summed E-state index contributed by atoms with van der Waals surface area (Å²) in [5.41, 5.74) is 15.1. The fourth-order valence-corrected chi connectivity index (χ4v) is 1.99. The van der Waals surface area contributed by atoms with E-state index in [-0.39, 0.29) is 0 Å². The minimum Gasteiger partial charge on any atom is -0.311 e. The molecule has 120 valence electrons. The molecule has 3 unspecified atom stereocenters. The first-order chi connectivity index (χ1) is 9.81. The van der Waals surface area contributed by atoms with Crippen LogP contribution in [0.4, 0.5) is 0 Å². The maximum Gasteiger partial charge on any atom is 0.338 e. The predicted octanol–water partition coefficient (Wildman–Crippen LogP) is -1.23. The van der Waals surface area contributed by atoms with Gasteiger partial charge in [-0.25, -0.2) is 28.1 Å². The van der Waals surface area contributed by atoms with E-state index in [0.717, 1.165) is 13.7 Å². The smallest absolute Gasteiger partial charge is 0.311 e. The zero-order valence-electron chi connectivity index (χ0n) is 12.7. The van der Waals surface area contributed by atoms with E-state index < -0.39 is 35.6 Å². The van der Waals surface area contributed by atoms with Gasteiger partial charge in [-0.3, -0.25) is 0 Å². The highest BCUT2D eigenvalue weighted by atomic mass is 16.2. The van der Waals surface area contributed by atoms with Gasteiger partial charge >= 0.3 is 17.1 Å². The standard InChI is InChI=1S/C12H24N6O3/c1-4-7(13)16-10(19)17(8(14)5-2)12(21)18(11(16)20)9(15)6-3/h7-9H,4-6,13-15H2,1-3H3. The van der Waals surface area contributed by atoms with Crippen LogP contribution in [0.1, 0.15) is 58.5 Å². The molecule has 0 spiro atoms. The lowest BCUT2D eigenvalue weighted by Crippen LogP contribution is -2.59. The van der Waals surface area contributed by atoms with Gasteiger partial charge in [-0.2, -0.15) is 0 Å². The summed E-state index contributed by atoms with van der Waals surface area (Å²) >= 11 is 0. The molecule has 0 radical (unpaired) electrons. The normalized spacial score (nSPS) is 15.7. The topological polar surface area (TPSA) is 144 Å². The number of rotatable bonds is 6. The van der Waals surface area contributed by atoms with Crippen molar-refractivity contribution < 1.29 is 0 Å². The first-order valence-corrected chi connectivity index (χ1v) is 7.07. The number of hydrogen-bond acceptors (Lipinski definition) is 6. The van der Waals surface area contributed by atoms with Crippen LogP contribution in [0.25, 0.3) is 0 Å². The lowest BCUT2D eigenvalue weighted by molar-refractivity contribution is 0.327. The van der Waals surface area contributed by atoms with Gasteiger partial charge in [0.25, 0.3) is 0 Å².